The molecule has 1 aromatic carbocycles. The van der Waals surface area contributed by atoms with E-state index in [0.717, 1.165) is 25.3 Å². The molecule has 0 saturated carbocycles. The summed E-state index contributed by atoms with van der Waals surface area (Å²) in [5, 5.41) is 3.42. The second-order valence-electron chi connectivity index (χ2n) is 4.14. The van der Waals surface area contributed by atoms with E-state index < -0.39 is 0 Å². The largest absolute Gasteiger partial charge is 0.307 e. The van der Waals surface area contributed by atoms with Gasteiger partial charge in [0.1, 0.15) is 0 Å². The first-order chi connectivity index (χ1) is 8.29. The maximum absolute atomic E-state index is 5.03. The van der Waals surface area contributed by atoms with Gasteiger partial charge in [0.05, 0.1) is 13.7 Å². The predicted molar refractivity (Wildman–Crippen MR) is 67.1 cm³/mol. The maximum Gasteiger partial charge on any atom is 0.194 e. The number of hydrogen-bond donors (Lipinski definition) is 1. The lowest BCUT2D eigenvalue weighted by atomic mass is 9.95. The van der Waals surface area contributed by atoms with Crippen LogP contribution in [0.5, 0.6) is 0 Å². The fraction of sp³-hybridized carbons (Fsp3) is 0.500. The second kappa shape index (κ2) is 6.37. The summed E-state index contributed by atoms with van der Waals surface area (Å²) in [5.41, 5.74) is 4.08. The second-order valence-corrected chi connectivity index (χ2v) is 4.75. The summed E-state index contributed by atoms with van der Waals surface area (Å²) in [6.45, 7) is 3.52. The van der Waals surface area contributed by atoms with E-state index >= 15 is 0 Å². The predicted octanol–water partition coefficient (Wildman–Crippen LogP) is 2.17. The topological polar surface area (TPSA) is 39.7 Å². The lowest BCUT2D eigenvalue weighted by Gasteiger charge is -2.25. The highest BCUT2D eigenvalue weighted by molar-refractivity contribution is 7.89. The summed E-state index contributed by atoms with van der Waals surface area (Å²) in [6, 6.07) is 6.87. The quantitative estimate of drug-likeness (QED) is 0.378. The standard InChI is InChI=1S/C12H17NO3S/c1-9-3-4-10-7-13-12(6-11(10)5-9)8-15-16-17-14-2/h3-5,12-13H,6-8H2,1-2H3. The van der Waals surface area contributed by atoms with Gasteiger partial charge in [-0.05, 0) is 24.5 Å². The Bertz CT molecular complexity index is 373. The molecule has 2 rings (SSSR count). The van der Waals surface area contributed by atoms with Crippen LogP contribution in [-0.2, 0) is 26.4 Å². The minimum Gasteiger partial charge on any atom is -0.307 e. The fourth-order valence-corrected chi connectivity index (χ4v) is 2.13. The lowest BCUT2D eigenvalue weighted by Crippen LogP contribution is -2.38. The summed E-state index contributed by atoms with van der Waals surface area (Å²) in [5.74, 6) is 0. The van der Waals surface area contributed by atoms with Crippen molar-refractivity contribution in [3.8, 4) is 0 Å². The third-order valence-corrected chi connectivity index (χ3v) is 3.11. The van der Waals surface area contributed by atoms with Crippen molar-refractivity contribution in [2.75, 3.05) is 13.7 Å². The molecule has 0 fully saturated rings. The molecule has 1 N–H and O–H groups in total. The summed E-state index contributed by atoms with van der Waals surface area (Å²) < 4.78 is 9.40. The molecule has 0 aliphatic carbocycles. The number of rotatable bonds is 5. The van der Waals surface area contributed by atoms with Gasteiger partial charge in [0.2, 0.25) is 0 Å². The molecule has 5 heteroatoms. The van der Waals surface area contributed by atoms with Crippen LogP contribution in [0.2, 0.25) is 0 Å². The molecule has 1 aliphatic rings. The number of hydrogen-bond acceptors (Lipinski definition) is 5. The Hall–Kier alpha value is -0.590. The van der Waals surface area contributed by atoms with Crippen molar-refractivity contribution in [2.24, 2.45) is 0 Å². The molecule has 17 heavy (non-hydrogen) atoms. The van der Waals surface area contributed by atoms with Crippen LogP contribution in [0.1, 0.15) is 16.7 Å². The van der Waals surface area contributed by atoms with E-state index in [1.54, 1.807) is 0 Å². The van der Waals surface area contributed by atoms with Crippen molar-refractivity contribution < 1.29 is 13.4 Å². The van der Waals surface area contributed by atoms with E-state index in [-0.39, 0.29) is 0 Å². The van der Waals surface area contributed by atoms with Crippen molar-refractivity contribution in [3.63, 3.8) is 0 Å². The molecular weight excluding hydrogens is 238 g/mol. The number of fused-ring (bicyclic) bond motifs is 1. The van der Waals surface area contributed by atoms with Gasteiger partial charge < -0.3 is 5.32 Å². The zero-order chi connectivity index (χ0) is 12.1. The van der Waals surface area contributed by atoms with Crippen LogP contribution in [0.25, 0.3) is 0 Å². The van der Waals surface area contributed by atoms with Crippen LogP contribution in [0.4, 0.5) is 0 Å². The van der Waals surface area contributed by atoms with E-state index in [1.807, 2.05) is 0 Å². The zero-order valence-corrected chi connectivity index (χ0v) is 10.9. The highest BCUT2D eigenvalue weighted by Crippen LogP contribution is 2.18. The van der Waals surface area contributed by atoms with Crippen LogP contribution >= 0.6 is 12.3 Å². The molecule has 0 bridgehead atoms. The van der Waals surface area contributed by atoms with E-state index in [9.17, 15) is 0 Å². The minimum atomic E-state index is 0.293. The molecule has 0 spiro atoms. The van der Waals surface area contributed by atoms with Gasteiger partial charge in [-0.25, -0.2) is 4.89 Å². The Morgan fingerprint density at radius 2 is 2.29 bits per heavy atom. The van der Waals surface area contributed by atoms with E-state index in [4.69, 9.17) is 9.22 Å². The lowest BCUT2D eigenvalue weighted by molar-refractivity contribution is -0.201. The van der Waals surface area contributed by atoms with Gasteiger partial charge in [0.25, 0.3) is 0 Å². The molecule has 0 amide bonds. The zero-order valence-electron chi connectivity index (χ0n) is 10.1. The van der Waals surface area contributed by atoms with Crippen molar-refractivity contribution in [1.29, 1.82) is 0 Å². The Balaban J connectivity index is 1.85. The molecule has 94 valence electrons. The SMILES string of the molecule is COSOOCC1Cc2cc(C)ccc2CN1. The number of nitrogens with one attached hydrogen (secondary N) is 1. The average Bonchev–Trinajstić information content (AvgIpc) is 2.34. The van der Waals surface area contributed by atoms with Gasteiger partial charge in [0, 0.05) is 12.6 Å². The summed E-state index contributed by atoms with van der Waals surface area (Å²) in [4.78, 5) is 5.03. The Morgan fingerprint density at radius 1 is 1.41 bits per heavy atom. The Labute approximate surface area is 106 Å². The van der Waals surface area contributed by atoms with Crippen molar-refractivity contribution in [2.45, 2.75) is 25.9 Å². The third kappa shape index (κ3) is 3.69. The maximum atomic E-state index is 5.03. The highest BCUT2D eigenvalue weighted by Gasteiger charge is 2.18. The molecule has 0 saturated heterocycles. The molecule has 4 nitrogen and oxygen atoms in total. The van der Waals surface area contributed by atoms with Crippen LogP contribution in [-0.4, -0.2) is 19.8 Å². The molecule has 1 heterocycles. The van der Waals surface area contributed by atoms with Crippen molar-refractivity contribution >= 4 is 12.3 Å². The van der Waals surface area contributed by atoms with Gasteiger partial charge in [0.15, 0.2) is 12.3 Å². The molecule has 0 aromatic heterocycles. The van der Waals surface area contributed by atoms with Gasteiger partial charge in [-0.3, -0.25) is 4.18 Å². The van der Waals surface area contributed by atoms with E-state index in [2.05, 4.69) is 34.6 Å². The summed E-state index contributed by atoms with van der Waals surface area (Å²) in [6.07, 6.45) is 0.970. The van der Waals surface area contributed by atoms with Crippen LogP contribution in [0.3, 0.4) is 0 Å². The van der Waals surface area contributed by atoms with E-state index in [1.165, 1.54) is 23.8 Å². The molecule has 1 aliphatic heterocycles. The molecule has 1 unspecified atom stereocenters. The first kappa shape index (κ1) is 12.9. The molecule has 1 atom stereocenters. The molecule has 0 radical (unpaired) electrons. The summed E-state index contributed by atoms with van der Waals surface area (Å²) in [7, 11) is 1.53. The molecule has 1 aromatic rings. The normalized spacial score (nSPS) is 19.1. The van der Waals surface area contributed by atoms with Crippen molar-refractivity contribution in [3.05, 3.63) is 34.9 Å². The van der Waals surface area contributed by atoms with Gasteiger partial charge in [-0.15, -0.1) is 4.33 Å². The first-order valence-electron chi connectivity index (χ1n) is 5.60. The number of aryl methyl sites for hydroxylation is 1. The summed E-state index contributed by atoms with van der Waals surface area (Å²) >= 11 is 0.835. The van der Waals surface area contributed by atoms with Crippen LogP contribution < -0.4 is 5.32 Å². The van der Waals surface area contributed by atoms with Gasteiger partial charge in [-0.1, -0.05) is 23.8 Å². The van der Waals surface area contributed by atoms with E-state index in [0.29, 0.717) is 12.6 Å². The highest BCUT2D eigenvalue weighted by atomic mass is 32.2. The van der Waals surface area contributed by atoms with Crippen LogP contribution in [0, 0.1) is 6.92 Å². The smallest absolute Gasteiger partial charge is 0.194 e. The first-order valence-corrected chi connectivity index (χ1v) is 6.27. The fourth-order valence-electron chi connectivity index (χ4n) is 1.98. The molecular formula is C12H17NO3S. The van der Waals surface area contributed by atoms with Crippen LogP contribution in [0.15, 0.2) is 18.2 Å². The Kier molecular flexibility index (Phi) is 4.82. The number of benzene rings is 1. The third-order valence-electron chi connectivity index (χ3n) is 2.82. The van der Waals surface area contributed by atoms with Gasteiger partial charge >= 0.3 is 0 Å². The van der Waals surface area contributed by atoms with Crippen molar-refractivity contribution in [1.82, 2.24) is 5.32 Å². The average molecular weight is 255 g/mol. The Morgan fingerprint density at radius 3 is 3.12 bits per heavy atom. The monoisotopic (exact) mass is 255 g/mol. The minimum absolute atomic E-state index is 0.293. The van der Waals surface area contributed by atoms with Gasteiger partial charge in [-0.2, -0.15) is 0 Å².